The van der Waals surface area contributed by atoms with Crippen molar-refractivity contribution in [2.24, 2.45) is 5.84 Å². The normalized spacial score (nSPS) is 10.8. The molecule has 2 heterocycles. The van der Waals surface area contributed by atoms with E-state index >= 15 is 0 Å². The summed E-state index contributed by atoms with van der Waals surface area (Å²) in [7, 11) is 0. The number of nitrogen functional groups attached to an aromatic ring is 1. The maximum atomic E-state index is 5.35. The first-order valence-corrected chi connectivity index (χ1v) is 6.96. The van der Waals surface area contributed by atoms with Crippen LogP contribution in [-0.2, 0) is 5.75 Å². The van der Waals surface area contributed by atoms with Gasteiger partial charge in [-0.1, -0.05) is 18.2 Å². The number of aromatic amines is 1. The van der Waals surface area contributed by atoms with E-state index in [1.807, 2.05) is 24.3 Å². The highest BCUT2D eigenvalue weighted by Gasteiger charge is 2.02. The van der Waals surface area contributed by atoms with Crippen LogP contribution in [0.2, 0.25) is 0 Å². The average molecular weight is 270 g/mol. The van der Waals surface area contributed by atoms with Gasteiger partial charge < -0.3 is 10.4 Å². The van der Waals surface area contributed by atoms with Crippen LogP contribution in [0, 0.1) is 0 Å². The van der Waals surface area contributed by atoms with Gasteiger partial charge in [0.1, 0.15) is 5.82 Å². The molecule has 3 aromatic rings. The van der Waals surface area contributed by atoms with Crippen molar-refractivity contribution >= 4 is 28.5 Å². The van der Waals surface area contributed by atoms with Crippen molar-refractivity contribution in [3.8, 4) is 0 Å². The largest absolute Gasteiger partial charge is 0.350 e. The van der Waals surface area contributed by atoms with Gasteiger partial charge in [0.2, 0.25) is 0 Å². The van der Waals surface area contributed by atoms with Crippen LogP contribution in [0.1, 0.15) is 5.56 Å². The summed E-state index contributed by atoms with van der Waals surface area (Å²) in [4.78, 5) is 7.50. The van der Waals surface area contributed by atoms with Gasteiger partial charge in [-0.3, -0.25) is 0 Å². The molecule has 0 unspecified atom stereocenters. The molecule has 4 N–H and O–H groups in total. The van der Waals surface area contributed by atoms with Gasteiger partial charge in [0, 0.05) is 22.9 Å². The fourth-order valence-corrected chi connectivity index (χ4v) is 2.82. The molecule has 0 aliphatic heterocycles. The number of benzene rings is 1. The molecule has 0 spiro atoms. The summed E-state index contributed by atoms with van der Waals surface area (Å²) in [6, 6.07) is 14.4. The number of para-hydroxylation sites is 1. The Morgan fingerprint density at radius 3 is 2.95 bits per heavy atom. The molecule has 19 heavy (non-hydrogen) atoms. The lowest BCUT2D eigenvalue weighted by atomic mass is 10.3. The number of nitrogens with one attached hydrogen (secondary N) is 2. The van der Waals surface area contributed by atoms with Gasteiger partial charge in [0.25, 0.3) is 0 Å². The second-order valence-corrected chi connectivity index (χ2v) is 5.22. The lowest BCUT2D eigenvalue weighted by molar-refractivity contribution is 1.19. The smallest absolute Gasteiger partial charge is 0.140 e. The Bertz CT molecular complexity index is 659. The third kappa shape index (κ3) is 2.72. The second-order valence-electron chi connectivity index (χ2n) is 4.20. The monoisotopic (exact) mass is 270 g/mol. The number of H-pyrrole nitrogens is 1. The van der Waals surface area contributed by atoms with Crippen LogP contribution in [0.3, 0.4) is 0 Å². The summed E-state index contributed by atoms with van der Waals surface area (Å²) in [6.45, 7) is 0. The maximum Gasteiger partial charge on any atom is 0.140 e. The summed E-state index contributed by atoms with van der Waals surface area (Å²) in [6.07, 6.45) is 1.76. The minimum Gasteiger partial charge on any atom is -0.350 e. The second kappa shape index (κ2) is 5.34. The SMILES string of the molecule is NNc1cc(CSc2cc3ccccc3[nH]2)ccn1. The van der Waals surface area contributed by atoms with Crippen molar-refractivity contribution in [2.45, 2.75) is 10.8 Å². The molecule has 0 aliphatic carbocycles. The molecule has 0 radical (unpaired) electrons. The van der Waals surface area contributed by atoms with E-state index in [0.717, 1.165) is 5.75 Å². The molecule has 4 nitrogen and oxygen atoms in total. The van der Waals surface area contributed by atoms with Crippen LogP contribution in [0.4, 0.5) is 5.82 Å². The van der Waals surface area contributed by atoms with Crippen LogP contribution in [0.5, 0.6) is 0 Å². The van der Waals surface area contributed by atoms with Crippen molar-refractivity contribution in [3.63, 3.8) is 0 Å². The highest BCUT2D eigenvalue weighted by Crippen LogP contribution is 2.26. The van der Waals surface area contributed by atoms with E-state index in [1.54, 1.807) is 18.0 Å². The van der Waals surface area contributed by atoms with E-state index in [0.29, 0.717) is 5.82 Å². The number of anilines is 1. The summed E-state index contributed by atoms with van der Waals surface area (Å²) < 4.78 is 0. The number of nitrogens with two attached hydrogens (primary N) is 1. The molecule has 96 valence electrons. The van der Waals surface area contributed by atoms with Crippen molar-refractivity contribution in [1.82, 2.24) is 9.97 Å². The first-order chi connectivity index (χ1) is 9.35. The maximum absolute atomic E-state index is 5.35. The fraction of sp³-hybridized carbons (Fsp3) is 0.0714. The lowest BCUT2D eigenvalue weighted by Gasteiger charge is -2.02. The molecular formula is C14H14N4S. The van der Waals surface area contributed by atoms with Gasteiger partial charge in [0.15, 0.2) is 0 Å². The molecule has 0 saturated carbocycles. The molecule has 2 aromatic heterocycles. The topological polar surface area (TPSA) is 66.7 Å². The van der Waals surface area contributed by atoms with Gasteiger partial charge in [0.05, 0.1) is 5.03 Å². The van der Waals surface area contributed by atoms with Gasteiger partial charge in [-0.2, -0.15) is 0 Å². The minimum atomic E-state index is 0.690. The first kappa shape index (κ1) is 12.1. The molecule has 0 aliphatic rings. The van der Waals surface area contributed by atoms with E-state index < -0.39 is 0 Å². The van der Waals surface area contributed by atoms with Crippen LogP contribution in [0.25, 0.3) is 10.9 Å². The quantitative estimate of drug-likeness (QED) is 0.387. The van der Waals surface area contributed by atoms with Gasteiger partial charge in [-0.05, 0) is 29.8 Å². The molecule has 3 rings (SSSR count). The summed E-state index contributed by atoms with van der Waals surface area (Å²) in [5, 5.41) is 2.41. The Hall–Kier alpha value is -1.98. The van der Waals surface area contributed by atoms with Gasteiger partial charge in [-0.25, -0.2) is 10.8 Å². The number of fused-ring (bicyclic) bond motifs is 1. The lowest BCUT2D eigenvalue weighted by Crippen LogP contribution is -2.08. The van der Waals surface area contributed by atoms with E-state index in [2.05, 4.69) is 33.6 Å². The number of aromatic nitrogens is 2. The summed E-state index contributed by atoms with van der Waals surface area (Å²) in [5.41, 5.74) is 4.92. The Balaban J connectivity index is 1.74. The zero-order valence-electron chi connectivity index (χ0n) is 10.3. The van der Waals surface area contributed by atoms with Crippen molar-refractivity contribution < 1.29 is 0 Å². The van der Waals surface area contributed by atoms with Crippen LogP contribution in [0.15, 0.2) is 53.7 Å². The highest BCUT2D eigenvalue weighted by molar-refractivity contribution is 7.98. The Morgan fingerprint density at radius 2 is 2.11 bits per heavy atom. The third-order valence-corrected chi connectivity index (χ3v) is 3.88. The molecule has 1 aromatic carbocycles. The number of rotatable bonds is 4. The molecule has 0 atom stereocenters. The minimum absolute atomic E-state index is 0.690. The number of thioether (sulfide) groups is 1. The number of hydrogen-bond donors (Lipinski definition) is 3. The number of nitrogens with zero attached hydrogens (tertiary/aromatic N) is 1. The van der Waals surface area contributed by atoms with E-state index in [9.17, 15) is 0 Å². The Labute approximate surface area is 115 Å². The predicted octanol–water partition coefficient (Wildman–Crippen LogP) is 3.14. The first-order valence-electron chi connectivity index (χ1n) is 5.97. The highest BCUT2D eigenvalue weighted by atomic mass is 32.2. The van der Waals surface area contributed by atoms with E-state index in [4.69, 9.17) is 5.84 Å². The molecule has 0 bridgehead atoms. The van der Waals surface area contributed by atoms with Crippen LogP contribution < -0.4 is 11.3 Å². The third-order valence-electron chi connectivity index (χ3n) is 2.87. The zero-order chi connectivity index (χ0) is 13.1. The van der Waals surface area contributed by atoms with E-state index in [1.165, 1.54) is 21.5 Å². The molecular weight excluding hydrogens is 256 g/mol. The van der Waals surface area contributed by atoms with E-state index in [-0.39, 0.29) is 0 Å². The molecule has 0 saturated heterocycles. The molecule has 0 fully saturated rings. The van der Waals surface area contributed by atoms with Crippen molar-refractivity contribution in [3.05, 3.63) is 54.2 Å². The van der Waals surface area contributed by atoms with Crippen LogP contribution >= 0.6 is 11.8 Å². The number of hydrogen-bond acceptors (Lipinski definition) is 4. The van der Waals surface area contributed by atoms with Crippen molar-refractivity contribution in [2.75, 3.05) is 5.43 Å². The standard InChI is InChI=1S/C14H14N4S/c15-18-13-7-10(5-6-16-13)9-19-14-8-11-3-1-2-4-12(11)17-14/h1-8,17H,9,15H2,(H,16,18). The molecule has 0 amide bonds. The Kier molecular flexibility index (Phi) is 3.39. The zero-order valence-corrected chi connectivity index (χ0v) is 11.1. The fourth-order valence-electron chi connectivity index (χ4n) is 1.93. The summed E-state index contributed by atoms with van der Waals surface area (Å²) in [5.74, 6) is 6.92. The Morgan fingerprint density at radius 1 is 1.21 bits per heavy atom. The van der Waals surface area contributed by atoms with Crippen LogP contribution in [-0.4, -0.2) is 9.97 Å². The van der Waals surface area contributed by atoms with Crippen molar-refractivity contribution in [1.29, 1.82) is 0 Å². The number of hydrazine groups is 1. The number of pyridine rings is 1. The van der Waals surface area contributed by atoms with Gasteiger partial charge >= 0.3 is 0 Å². The predicted molar refractivity (Wildman–Crippen MR) is 79.9 cm³/mol. The summed E-state index contributed by atoms with van der Waals surface area (Å²) >= 11 is 1.77. The van der Waals surface area contributed by atoms with Gasteiger partial charge in [-0.15, -0.1) is 11.8 Å². The molecule has 5 heteroatoms. The average Bonchev–Trinajstić information content (AvgIpc) is 2.88.